The monoisotopic (exact) mass is 395 g/mol. The molecule has 0 aliphatic rings. The Morgan fingerprint density at radius 1 is 0.821 bits per heavy atom. The van der Waals surface area contributed by atoms with E-state index in [0.717, 1.165) is 6.42 Å². The highest BCUT2D eigenvalue weighted by atomic mass is 16.8. The van der Waals surface area contributed by atoms with Gasteiger partial charge in [0.2, 0.25) is 5.72 Å². The average molecular weight is 395 g/mol. The molecule has 0 heterocycles. The quantitative estimate of drug-likeness (QED) is 0.301. The van der Waals surface area contributed by atoms with Crippen molar-refractivity contribution in [3.05, 3.63) is 36.5 Å². The van der Waals surface area contributed by atoms with Crippen LogP contribution in [-0.2, 0) is 28.6 Å². The van der Waals surface area contributed by atoms with Crippen molar-refractivity contribution in [1.82, 2.24) is 4.90 Å². The van der Waals surface area contributed by atoms with E-state index < -0.39 is 29.4 Å². The van der Waals surface area contributed by atoms with Crippen LogP contribution < -0.4 is 0 Å². The number of rotatable bonds is 11. The van der Waals surface area contributed by atoms with Crippen molar-refractivity contribution in [3.63, 3.8) is 0 Å². The minimum absolute atomic E-state index is 0.104. The zero-order valence-electron chi connectivity index (χ0n) is 18.1. The maximum Gasteiger partial charge on any atom is 0.336 e. The van der Waals surface area contributed by atoms with E-state index in [9.17, 15) is 14.4 Å². The molecule has 0 saturated heterocycles. The summed E-state index contributed by atoms with van der Waals surface area (Å²) in [4.78, 5) is 38.7. The van der Waals surface area contributed by atoms with Crippen LogP contribution in [0.2, 0.25) is 0 Å². The van der Waals surface area contributed by atoms with Crippen molar-refractivity contribution >= 4 is 17.9 Å². The van der Waals surface area contributed by atoms with Gasteiger partial charge in [0.15, 0.2) is 0 Å². The molecular weight excluding hydrogens is 362 g/mol. The summed E-state index contributed by atoms with van der Waals surface area (Å²) in [5.41, 5.74) is -1.24. The second kappa shape index (κ2) is 10.2. The Morgan fingerprint density at radius 2 is 1.18 bits per heavy atom. The zero-order valence-corrected chi connectivity index (χ0v) is 18.1. The average Bonchev–Trinajstić information content (AvgIpc) is 2.57. The lowest BCUT2D eigenvalue weighted by Gasteiger charge is -2.48. The minimum atomic E-state index is -1.97. The number of hydrogen-bond acceptors (Lipinski definition) is 7. The van der Waals surface area contributed by atoms with E-state index in [1.165, 1.54) is 27.7 Å². The Bertz CT molecular complexity index is 636. The second-order valence-corrected chi connectivity index (χ2v) is 7.24. The molecule has 0 aromatic carbocycles. The van der Waals surface area contributed by atoms with Crippen molar-refractivity contribution in [1.29, 1.82) is 0 Å². The van der Waals surface area contributed by atoms with Gasteiger partial charge in [-0.05, 0) is 41.3 Å². The van der Waals surface area contributed by atoms with Crippen molar-refractivity contribution in [2.75, 3.05) is 14.1 Å². The normalized spacial score (nSPS) is 13.3. The van der Waals surface area contributed by atoms with E-state index in [4.69, 9.17) is 14.2 Å². The third-order valence-electron chi connectivity index (χ3n) is 4.18. The molecule has 0 aliphatic heterocycles. The van der Waals surface area contributed by atoms with Gasteiger partial charge in [0.25, 0.3) is 0 Å². The molecule has 7 nitrogen and oxygen atoms in total. The van der Waals surface area contributed by atoms with Crippen molar-refractivity contribution in [2.45, 2.75) is 65.4 Å². The van der Waals surface area contributed by atoms with Gasteiger partial charge in [-0.3, -0.25) is 4.90 Å². The summed E-state index contributed by atoms with van der Waals surface area (Å²) in [6.45, 7) is 18.5. The van der Waals surface area contributed by atoms with E-state index in [1.54, 1.807) is 19.0 Å². The summed E-state index contributed by atoms with van der Waals surface area (Å²) in [7, 11) is 3.28. The van der Waals surface area contributed by atoms with Crippen LogP contribution >= 0.6 is 0 Å². The third kappa shape index (κ3) is 6.05. The molecule has 28 heavy (non-hydrogen) atoms. The number of carbonyl (C=O) groups is 3. The fourth-order valence-corrected chi connectivity index (χ4v) is 2.46. The highest BCUT2D eigenvalue weighted by molar-refractivity contribution is 5.90. The molecule has 0 aromatic rings. The fraction of sp³-hybridized carbons (Fsp3) is 0.571. The largest absolute Gasteiger partial charge is 0.432 e. The molecule has 0 bridgehead atoms. The number of esters is 3. The van der Waals surface area contributed by atoms with E-state index in [0.29, 0.717) is 6.42 Å². The van der Waals surface area contributed by atoms with E-state index >= 15 is 0 Å². The van der Waals surface area contributed by atoms with Crippen LogP contribution in [0.3, 0.4) is 0 Å². The molecule has 7 heteroatoms. The molecule has 0 amide bonds. The molecule has 1 atom stereocenters. The highest BCUT2D eigenvalue weighted by Gasteiger charge is 2.59. The molecule has 0 N–H and O–H groups in total. The van der Waals surface area contributed by atoms with Crippen molar-refractivity contribution in [3.8, 4) is 0 Å². The summed E-state index contributed by atoms with van der Waals surface area (Å²) in [6.07, 6.45) is 1.60. The molecule has 1 unspecified atom stereocenters. The van der Waals surface area contributed by atoms with Gasteiger partial charge in [-0.1, -0.05) is 33.1 Å². The summed E-state index contributed by atoms with van der Waals surface area (Å²) in [6, 6.07) is 0. The lowest BCUT2D eigenvalue weighted by molar-refractivity contribution is -0.323. The Morgan fingerprint density at radius 3 is 1.46 bits per heavy atom. The Hall–Kier alpha value is -2.41. The number of unbranched alkanes of at least 4 members (excludes halogenated alkanes) is 1. The number of likely N-dealkylation sites (N-methyl/N-ethyl adjacent to an activating group) is 1. The Kier molecular flexibility index (Phi) is 9.34. The van der Waals surface area contributed by atoms with Gasteiger partial charge in [0.1, 0.15) is 0 Å². The van der Waals surface area contributed by atoms with Crippen LogP contribution in [0.4, 0.5) is 0 Å². The number of hydrogen-bond donors (Lipinski definition) is 0. The van der Waals surface area contributed by atoms with Crippen molar-refractivity contribution < 1.29 is 28.6 Å². The maximum atomic E-state index is 12.4. The second-order valence-electron chi connectivity index (χ2n) is 7.24. The van der Waals surface area contributed by atoms with Crippen LogP contribution in [0.1, 0.15) is 53.9 Å². The maximum absolute atomic E-state index is 12.4. The van der Waals surface area contributed by atoms with Gasteiger partial charge in [-0.25, -0.2) is 14.4 Å². The summed E-state index contributed by atoms with van der Waals surface area (Å²) >= 11 is 0. The molecule has 0 spiro atoms. The molecule has 0 fully saturated rings. The van der Waals surface area contributed by atoms with E-state index in [-0.39, 0.29) is 23.1 Å². The molecule has 0 radical (unpaired) electrons. The molecule has 158 valence electrons. The first-order valence-electron chi connectivity index (χ1n) is 9.08. The lowest BCUT2D eigenvalue weighted by Crippen LogP contribution is -2.66. The molecule has 0 saturated carbocycles. The third-order valence-corrected chi connectivity index (χ3v) is 4.18. The van der Waals surface area contributed by atoms with Gasteiger partial charge < -0.3 is 14.2 Å². The lowest BCUT2D eigenvalue weighted by atomic mass is 9.94. The Balaban J connectivity index is 6.58. The van der Waals surface area contributed by atoms with E-state index in [2.05, 4.69) is 19.7 Å². The van der Waals surface area contributed by atoms with Crippen molar-refractivity contribution in [2.24, 2.45) is 0 Å². The van der Waals surface area contributed by atoms with Crippen LogP contribution in [0.25, 0.3) is 0 Å². The minimum Gasteiger partial charge on any atom is -0.432 e. The first-order chi connectivity index (χ1) is 12.7. The number of ether oxygens (including phenoxy) is 3. The van der Waals surface area contributed by atoms with Crippen LogP contribution in [0.5, 0.6) is 0 Å². The molecule has 0 rings (SSSR count). The van der Waals surface area contributed by atoms with Crippen LogP contribution in [0, 0.1) is 0 Å². The van der Waals surface area contributed by atoms with Gasteiger partial charge in [0, 0.05) is 30.1 Å². The summed E-state index contributed by atoms with van der Waals surface area (Å²) in [5.74, 6) is -4.24. The van der Waals surface area contributed by atoms with Gasteiger partial charge in [0.05, 0.1) is 0 Å². The van der Waals surface area contributed by atoms with Crippen LogP contribution in [0.15, 0.2) is 36.5 Å². The first kappa shape index (κ1) is 25.6. The molecular formula is C21H33NO6. The molecule has 0 aliphatic carbocycles. The topological polar surface area (TPSA) is 82.1 Å². The first-order valence-corrected chi connectivity index (χ1v) is 9.08. The zero-order chi connectivity index (χ0) is 22.3. The summed E-state index contributed by atoms with van der Waals surface area (Å²) < 4.78 is 16.9. The van der Waals surface area contributed by atoms with Gasteiger partial charge in [-0.2, -0.15) is 0 Å². The number of nitrogens with zero attached hydrogens (tertiary/aromatic N) is 1. The fourth-order valence-electron chi connectivity index (χ4n) is 2.46. The molecule has 0 aromatic heterocycles. The Labute approximate surface area is 168 Å². The van der Waals surface area contributed by atoms with Gasteiger partial charge >= 0.3 is 23.7 Å². The smallest absolute Gasteiger partial charge is 0.336 e. The predicted octanol–water partition coefficient (Wildman–Crippen LogP) is 3.51. The van der Waals surface area contributed by atoms with Crippen LogP contribution in [-0.4, -0.2) is 48.4 Å². The van der Waals surface area contributed by atoms with E-state index in [1.807, 2.05) is 6.92 Å². The van der Waals surface area contributed by atoms with Gasteiger partial charge in [-0.15, -0.1) is 0 Å². The predicted molar refractivity (Wildman–Crippen MR) is 107 cm³/mol. The SMILES string of the molecule is C=C(C)C(=O)OC(C)(OC(=O)C(=C)C)C(CCCC)(OC(=O)C(=C)C)N(C)C. The number of carbonyl (C=O) groups excluding carboxylic acids is 3. The highest BCUT2D eigenvalue weighted by Crippen LogP contribution is 2.39. The summed E-state index contributed by atoms with van der Waals surface area (Å²) in [5, 5.41) is 0. The standard InChI is InChI=1S/C21H33NO6/c1-11-12-13-21(22(9)10,28-19(25)16(6)7)20(8,26-17(23)14(2)3)27-18(24)15(4)5/h2,4,6,11-13H2,1,3,5,7-10H3.